The smallest absolute Gasteiger partial charge is 0.497 e. The lowest BCUT2D eigenvalue weighted by Gasteiger charge is -2.43. The number of rotatable bonds is 5. The number of methoxy groups -OCH3 is 1. The number of carbonyl (C=O) groups excluding carboxylic acids is 1. The molecule has 3 rings (SSSR count). The van der Waals surface area contributed by atoms with E-state index in [9.17, 15) is 4.79 Å². The van der Waals surface area contributed by atoms with Gasteiger partial charge in [-0.15, -0.1) is 0 Å². The number of nitrogens with zero attached hydrogens (tertiary/aromatic N) is 1. The molecule has 1 aromatic carbocycles. The second-order valence-corrected chi connectivity index (χ2v) is 10.6. The van der Waals surface area contributed by atoms with Crippen LogP contribution in [0.15, 0.2) is 18.2 Å². The molecule has 1 saturated carbocycles. The predicted molar refractivity (Wildman–Crippen MR) is 128 cm³/mol. The van der Waals surface area contributed by atoms with Gasteiger partial charge in [0.2, 0.25) is 0 Å². The number of hydrogen-bond donors (Lipinski definition) is 1. The van der Waals surface area contributed by atoms with E-state index >= 15 is 0 Å². The summed E-state index contributed by atoms with van der Waals surface area (Å²) in [6.07, 6.45) is 7.29. The van der Waals surface area contributed by atoms with Gasteiger partial charge in [0, 0.05) is 24.7 Å². The van der Waals surface area contributed by atoms with Crippen molar-refractivity contribution in [3.05, 3.63) is 23.8 Å². The maximum atomic E-state index is 13.6. The van der Waals surface area contributed by atoms with Gasteiger partial charge in [-0.2, -0.15) is 9.28 Å². The van der Waals surface area contributed by atoms with Crippen molar-refractivity contribution in [1.29, 1.82) is 0 Å². The monoisotopic (exact) mass is 431 g/mol. The number of quaternary nitrogens is 1. The summed E-state index contributed by atoms with van der Waals surface area (Å²) >= 11 is 0. The Morgan fingerprint density at radius 1 is 1.13 bits per heavy atom. The molecule has 2 aliphatic rings. The average molecular weight is 432 g/mol. The van der Waals surface area contributed by atoms with Crippen LogP contribution in [0.25, 0.3) is 0 Å². The van der Waals surface area contributed by atoms with Crippen molar-refractivity contribution in [3.63, 3.8) is 0 Å². The average Bonchev–Trinajstić information content (AvgIpc) is 2.78. The molecule has 1 aliphatic heterocycles. The van der Waals surface area contributed by atoms with Crippen LogP contribution in [0.5, 0.6) is 5.75 Å². The summed E-state index contributed by atoms with van der Waals surface area (Å²) < 4.78 is 11.8. The summed E-state index contributed by atoms with van der Waals surface area (Å²) in [5, 5.41) is 3.43. The summed E-state index contributed by atoms with van der Waals surface area (Å²) in [4.78, 5) is 13.6. The highest BCUT2D eigenvalue weighted by Crippen LogP contribution is 2.49. The quantitative estimate of drug-likeness (QED) is 0.581. The van der Waals surface area contributed by atoms with Gasteiger partial charge in [-0.1, -0.05) is 26.7 Å². The highest BCUT2D eigenvalue weighted by atomic mass is 16.6. The Kier molecular flexibility index (Phi) is 7.37. The van der Waals surface area contributed by atoms with E-state index < -0.39 is 5.60 Å². The Morgan fingerprint density at radius 3 is 2.26 bits per heavy atom. The van der Waals surface area contributed by atoms with E-state index in [1.165, 1.54) is 44.1 Å². The van der Waals surface area contributed by atoms with E-state index in [-0.39, 0.29) is 10.6 Å². The van der Waals surface area contributed by atoms with Gasteiger partial charge < -0.3 is 14.8 Å². The van der Waals surface area contributed by atoms with E-state index in [4.69, 9.17) is 9.47 Å². The van der Waals surface area contributed by atoms with Crippen molar-refractivity contribution in [3.8, 4) is 5.75 Å². The van der Waals surface area contributed by atoms with Gasteiger partial charge in [0.05, 0.1) is 7.11 Å². The van der Waals surface area contributed by atoms with Crippen molar-refractivity contribution >= 4 is 11.8 Å². The van der Waals surface area contributed by atoms with Gasteiger partial charge in [-0.25, -0.2) is 0 Å². The summed E-state index contributed by atoms with van der Waals surface area (Å²) in [5.41, 5.74) is 2.38. The molecule has 1 saturated heterocycles. The lowest BCUT2D eigenvalue weighted by Crippen LogP contribution is -2.64. The molecule has 0 unspecified atom stereocenters. The van der Waals surface area contributed by atoms with Crippen molar-refractivity contribution in [1.82, 2.24) is 9.80 Å². The van der Waals surface area contributed by atoms with Crippen molar-refractivity contribution in [2.45, 2.75) is 84.7 Å². The van der Waals surface area contributed by atoms with Crippen LogP contribution in [0.4, 0.5) is 10.5 Å². The molecule has 1 amide bonds. The van der Waals surface area contributed by atoms with Gasteiger partial charge in [0.1, 0.15) is 24.4 Å². The number of benzene rings is 1. The third-order valence-electron chi connectivity index (χ3n) is 7.77. The van der Waals surface area contributed by atoms with Crippen molar-refractivity contribution < 1.29 is 14.3 Å². The summed E-state index contributed by atoms with van der Waals surface area (Å²) in [5.74, 6) is 1.30. The highest BCUT2D eigenvalue weighted by molar-refractivity contribution is 5.84. The van der Waals surface area contributed by atoms with E-state index in [1.54, 1.807) is 7.11 Å². The molecule has 0 aromatic heterocycles. The maximum Gasteiger partial charge on any atom is 0.521 e. The molecule has 1 aromatic rings. The summed E-state index contributed by atoms with van der Waals surface area (Å²) in [7, 11) is 1.70. The largest absolute Gasteiger partial charge is 0.521 e. The number of nitrogens with one attached hydrogen (secondary N) is 1. The number of piperazine rings is 1. The third kappa shape index (κ3) is 5.09. The molecule has 0 bridgehead atoms. The molecule has 0 spiro atoms. The molecule has 1 N–H and O–H groups in total. The molecule has 174 valence electrons. The first-order valence-electron chi connectivity index (χ1n) is 12.2. The zero-order valence-electron chi connectivity index (χ0n) is 20.6. The Labute approximate surface area is 189 Å². The first-order chi connectivity index (χ1) is 14.7. The number of carbonyl (C=O) groups is 1. The SMILES string of the molecule is CCC1(CC)CCC(c2ccc(OC)cc2[N+]2(C(=O)OC(C)(C)C)CCNCC2)CC1. The standard InChI is InChI=1S/C26H43N2O3/c1-7-26(8-2)13-11-20(12-14-26)22-10-9-21(30-6)19-23(22)28(17-15-27-16-18-28)24(29)31-25(3,4)5/h9-10,19-20,27H,7-8,11-18H2,1-6H3/q+1. The number of amides is 1. The van der Waals surface area contributed by atoms with E-state index in [0.717, 1.165) is 24.5 Å². The van der Waals surface area contributed by atoms with E-state index in [2.05, 4.69) is 37.4 Å². The van der Waals surface area contributed by atoms with Crippen LogP contribution >= 0.6 is 0 Å². The van der Waals surface area contributed by atoms with Gasteiger partial charge in [0.15, 0.2) is 5.69 Å². The number of hydrogen-bond acceptors (Lipinski definition) is 4. The third-order valence-corrected chi connectivity index (χ3v) is 7.77. The van der Waals surface area contributed by atoms with Crippen LogP contribution in [0.3, 0.4) is 0 Å². The zero-order valence-corrected chi connectivity index (χ0v) is 20.6. The molecular weight excluding hydrogens is 388 g/mol. The predicted octanol–water partition coefficient (Wildman–Crippen LogP) is 6.00. The van der Waals surface area contributed by atoms with Crippen molar-refractivity contribution in [2.24, 2.45) is 5.41 Å². The molecule has 0 atom stereocenters. The minimum Gasteiger partial charge on any atom is -0.497 e. The fraction of sp³-hybridized carbons (Fsp3) is 0.731. The van der Waals surface area contributed by atoms with Crippen LogP contribution in [0.1, 0.15) is 84.6 Å². The summed E-state index contributed by atoms with van der Waals surface area (Å²) in [6.45, 7) is 13.5. The van der Waals surface area contributed by atoms with Gasteiger partial charge in [-0.3, -0.25) is 0 Å². The Bertz CT molecular complexity index is 748. The van der Waals surface area contributed by atoms with Crippen LogP contribution in [-0.2, 0) is 4.74 Å². The Morgan fingerprint density at radius 2 is 1.74 bits per heavy atom. The Balaban J connectivity index is 2.02. The molecule has 2 fully saturated rings. The fourth-order valence-corrected chi connectivity index (χ4v) is 5.51. The second kappa shape index (κ2) is 9.50. The van der Waals surface area contributed by atoms with Crippen LogP contribution in [0.2, 0.25) is 0 Å². The van der Waals surface area contributed by atoms with E-state index in [0.29, 0.717) is 24.4 Å². The molecule has 0 radical (unpaired) electrons. The first-order valence-corrected chi connectivity index (χ1v) is 12.2. The number of ether oxygens (including phenoxy) is 2. The second-order valence-electron chi connectivity index (χ2n) is 10.6. The maximum absolute atomic E-state index is 13.6. The van der Waals surface area contributed by atoms with Gasteiger partial charge in [0.25, 0.3) is 0 Å². The topological polar surface area (TPSA) is 47.6 Å². The molecule has 5 nitrogen and oxygen atoms in total. The molecule has 1 heterocycles. The summed E-state index contributed by atoms with van der Waals surface area (Å²) in [6, 6.07) is 6.39. The van der Waals surface area contributed by atoms with Crippen molar-refractivity contribution in [2.75, 3.05) is 33.3 Å². The molecule has 1 aliphatic carbocycles. The minimum atomic E-state index is -0.515. The van der Waals surface area contributed by atoms with Crippen LogP contribution in [0, 0.1) is 5.41 Å². The lowest BCUT2D eigenvalue weighted by molar-refractivity contribution is 0.0238. The molecule has 5 heteroatoms. The molecule has 31 heavy (non-hydrogen) atoms. The highest BCUT2D eigenvalue weighted by Gasteiger charge is 2.47. The Hall–Kier alpha value is -1.59. The normalized spacial score (nSPS) is 21.5. The van der Waals surface area contributed by atoms with E-state index in [1.807, 2.05) is 20.8 Å². The lowest BCUT2D eigenvalue weighted by atomic mass is 9.66. The minimum absolute atomic E-state index is 0.143. The first kappa shape index (κ1) is 24.1. The zero-order chi connectivity index (χ0) is 22.7. The van der Waals surface area contributed by atoms with Crippen LogP contribution < -0.4 is 14.5 Å². The fourth-order valence-electron chi connectivity index (χ4n) is 5.51. The van der Waals surface area contributed by atoms with Gasteiger partial charge in [-0.05, 0) is 69.9 Å². The van der Waals surface area contributed by atoms with Crippen LogP contribution in [-0.4, -0.2) is 45.0 Å². The van der Waals surface area contributed by atoms with Gasteiger partial charge >= 0.3 is 6.09 Å². The molecular formula is C26H43N2O3+.